The van der Waals surface area contributed by atoms with Gasteiger partial charge >= 0.3 is 0 Å². The molecule has 0 saturated carbocycles. The number of rotatable bonds is 1. The molecule has 96 valence electrons. The van der Waals surface area contributed by atoms with E-state index in [4.69, 9.17) is 5.10 Å². The lowest BCUT2D eigenvalue weighted by Crippen LogP contribution is -2.39. The molecule has 2 aromatic heterocycles. The van der Waals surface area contributed by atoms with E-state index in [1.165, 1.54) is 27.9 Å². The largest absolute Gasteiger partial charge is 0.361 e. The van der Waals surface area contributed by atoms with Crippen molar-refractivity contribution < 1.29 is 4.68 Å². The maximum absolute atomic E-state index is 4.74. The highest BCUT2D eigenvalue weighted by atomic mass is 15.3. The molecule has 0 aliphatic carbocycles. The summed E-state index contributed by atoms with van der Waals surface area (Å²) in [4.78, 5) is 3.42. The van der Waals surface area contributed by atoms with Gasteiger partial charge in [-0.15, -0.1) is 0 Å². The summed E-state index contributed by atoms with van der Waals surface area (Å²) < 4.78 is 2.03. The van der Waals surface area contributed by atoms with E-state index in [-0.39, 0.29) is 0 Å². The van der Waals surface area contributed by atoms with Gasteiger partial charge in [0.15, 0.2) is 0 Å². The third-order valence-electron chi connectivity index (χ3n) is 3.67. The molecule has 0 saturated heterocycles. The first-order valence-electron chi connectivity index (χ1n) is 6.53. The van der Waals surface area contributed by atoms with Gasteiger partial charge in [0, 0.05) is 40.9 Å². The first-order valence-corrected chi connectivity index (χ1v) is 6.53. The van der Waals surface area contributed by atoms with Crippen LogP contribution < -0.4 is 4.68 Å². The smallest absolute Gasteiger partial charge is 0.238 e. The average molecular weight is 252 g/mol. The van der Waals surface area contributed by atoms with Gasteiger partial charge in [-0.2, -0.15) is 0 Å². The monoisotopic (exact) mass is 252 g/mol. The SMILES string of the molecule is Cc1n[n+](-c2ccccc2)c(C)c2c(C)[nH]c(C)c12. The van der Waals surface area contributed by atoms with E-state index in [2.05, 4.69) is 44.8 Å². The number of para-hydroxylation sites is 1. The number of benzene rings is 1. The topological polar surface area (TPSA) is 32.6 Å². The van der Waals surface area contributed by atoms with Crippen LogP contribution in [0.3, 0.4) is 0 Å². The van der Waals surface area contributed by atoms with Crippen molar-refractivity contribution in [3.8, 4) is 5.69 Å². The Morgan fingerprint density at radius 3 is 2.21 bits per heavy atom. The molecule has 0 fully saturated rings. The lowest BCUT2D eigenvalue weighted by molar-refractivity contribution is -0.665. The van der Waals surface area contributed by atoms with Crippen molar-refractivity contribution in [2.45, 2.75) is 27.7 Å². The number of hydrogen-bond donors (Lipinski definition) is 1. The summed E-state index contributed by atoms with van der Waals surface area (Å²) in [6, 6.07) is 10.3. The number of aromatic amines is 1. The second-order valence-corrected chi connectivity index (χ2v) is 5.04. The molecular weight excluding hydrogens is 234 g/mol. The van der Waals surface area contributed by atoms with Crippen LogP contribution >= 0.6 is 0 Å². The van der Waals surface area contributed by atoms with Crippen molar-refractivity contribution in [3.05, 3.63) is 53.1 Å². The van der Waals surface area contributed by atoms with Gasteiger partial charge < -0.3 is 4.98 Å². The normalized spacial score (nSPS) is 11.2. The maximum Gasteiger partial charge on any atom is 0.238 e. The molecule has 0 aliphatic rings. The zero-order valence-corrected chi connectivity index (χ0v) is 11.8. The van der Waals surface area contributed by atoms with Crippen LogP contribution in [0.5, 0.6) is 0 Å². The van der Waals surface area contributed by atoms with Gasteiger partial charge in [-0.25, -0.2) is 0 Å². The van der Waals surface area contributed by atoms with Gasteiger partial charge in [0.25, 0.3) is 0 Å². The molecule has 2 heterocycles. The molecule has 0 atom stereocenters. The molecule has 3 nitrogen and oxygen atoms in total. The van der Waals surface area contributed by atoms with Gasteiger partial charge in [0.1, 0.15) is 5.69 Å². The minimum atomic E-state index is 1.06. The summed E-state index contributed by atoms with van der Waals surface area (Å²) in [5.41, 5.74) is 5.74. The zero-order valence-electron chi connectivity index (χ0n) is 11.8. The van der Waals surface area contributed by atoms with Crippen molar-refractivity contribution >= 4 is 10.8 Å². The number of fused-ring (bicyclic) bond motifs is 1. The molecule has 0 aliphatic heterocycles. The van der Waals surface area contributed by atoms with Crippen LogP contribution in [0.1, 0.15) is 22.8 Å². The van der Waals surface area contributed by atoms with Crippen LogP contribution in [-0.2, 0) is 0 Å². The van der Waals surface area contributed by atoms with E-state index in [0.29, 0.717) is 0 Å². The summed E-state index contributed by atoms with van der Waals surface area (Å²) in [5.74, 6) is 0. The second-order valence-electron chi connectivity index (χ2n) is 5.04. The highest BCUT2D eigenvalue weighted by Crippen LogP contribution is 2.25. The lowest BCUT2D eigenvalue weighted by atomic mass is 10.1. The van der Waals surface area contributed by atoms with E-state index >= 15 is 0 Å². The molecule has 3 rings (SSSR count). The molecule has 0 spiro atoms. The van der Waals surface area contributed by atoms with E-state index in [1.807, 2.05) is 22.9 Å². The fourth-order valence-electron chi connectivity index (χ4n) is 2.89. The van der Waals surface area contributed by atoms with Crippen molar-refractivity contribution in [1.82, 2.24) is 10.1 Å². The molecule has 19 heavy (non-hydrogen) atoms. The molecule has 3 aromatic rings. The molecule has 1 aromatic carbocycles. The van der Waals surface area contributed by atoms with Crippen molar-refractivity contribution in [2.24, 2.45) is 0 Å². The van der Waals surface area contributed by atoms with Crippen molar-refractivity contribution in [1.29, 1.82) is 0 Å². The molecule has 0 unspecified atom stereocenters. The zero-order chi connectivity index (χ0) is 13.6. The molecular formula is C16H18N3+. The van der Waals surface area contributed by atoms with Crippen molar-refractivity contribution in [2.75, 3.05) is 0 Å². The van der Waals surface area contributed by atoms with E-state index in [9.17, 15) is 0 Å². The second kappa shape index (κ2) is 4.19. The van der Waals surface area contributed by atoms with E-state index < -0.39 is 0 Å². The number of aryl methyl sites for hydroxylation is 4. The summed E-state index contributed by atoms with van der Waals surface area (Å²) >= 11 is 0. The minimum Gasteiger partial charge on any atom is -0.361 e. The van der Waals surface area contributed by atoms with E-state index in [1.54, 1.807) is 0 Å². The first-order chi connectivity index (χ1) is 9.09. The van der Waals surface area contributed by atoms with Crippen LogP contribution in [-0.4, -0.2) is 10.1 Å². The Labute approximate surface area is 112 Å². The minimum absolute atomic E-state index is 1.06. The fraction of sp³-hybridized carbons (Fsp3) is 0.250. The van der Waals surface area contributed by atoms with Crippen molar-refractivity contribution in [3.63, 3.8) is 0 Å². The molecule has 0 bridgehead atoms. The number of nitrogens with one attached hydrogen (secondary N) is 1. The molecule has 1 N–H and O–H groups in total. The van der Waals surface area contributed by atoms with Crippen LogP contribution in [0.2, 0.25) is 0 Å². The number of hydrogen-bond acceptors (Lipinski definition) is 1. The van der Waals surface area contributed by atoms with Gasteiger partial charge in [0.2, 0.25) is 11.4 Å². The van der Waals surface area contributed by atoms with Gasteiger partial charge in [-0.05, 0) is 25.5 Å². The molecule has 3 heteroatoms. The Hall–Kier alpha value is -2.16. The van der Waals surface area contributed by atoms with Crippen LogP contribution in [0, 0.1) is 27.7 Å². The summed E-state index contributed by atoms with van der Waals surface area (Å²) in [5, 5.41) is 7.28. The molecule has 0 amide bonds. The Morgan fingerprint density at radius 2 is 1.53 bits per heavy atom. The van der Waals surface area contributed by atoms with Crippen LogP contribution in [0.15, 0.2) is 30.3 Å². The van der Waals surface area contributed by atoms with Crippen LogP contribution in [0.4, 0.5) is 0 Å². The first kappa shape index (κ1) is 11.9. The summed E-state index contributed by atoms with van der Waals surface area (Å²) in [6.45, 7) is 8.43. The van der Waals surface area contributed by atoms with Gasteiger partial charge in [0.05, 0.1) is 5.39 Å². The Balaban J connectivity index is 2.40. The number of H-pyrrole nitrogens is 1. The molecule has 0 radical (unpaired) electrons. The maximum atomic E-state index is 4.74. The number of aromatic nitrogens is 3. The average Bonchev–Trinajstić information content (AvgIpc) is 2.71. The lowest BCUT2D eigenvalue weighted by Gasteiger charge is -2.02. The standard InChI is InChI=1S/C16H17N3/c1-10-15-12(3)18-19(14-8-6-5-7-9-14)13(4)16(15)11(2)17-10/h5-9H,1-4H3/p+1. The predicted molar refractivity (Wildman–Crippen MR) is 76.6 cm³/mol. The predicted octanol–water partition coefficient (Wildman–Crippen LogP) is 3.07. The third kappa shape index (κ3) is 1.73. The van der Waals surface area contributed by atoms with Gasteiger partial charge in [-0.3, -0.25) is 0 Å². The summed E-state index contributed by atoms with van der Waals surface area (Å²) in [7, 11) is 0. The van der Waals surface area contributed by atoms with Crippen LogP contribution in [0.25, 0.3) is 16.5 Å². The summed E-state index contributed by atoms with van der Waals surface area (Å²) in [6.07, 6.45) is 0. The highest BCUT2D eigenvalue weighted by Gasteiger charge is 2.22. The Bertz CT molecular complexity index is 755. The highest BCUT2D eigenvalue weighted by molar-refractivity contribution is 5.90. The van der Waals surface area contributed by atoms with Gasteiger partial charge in [-0.1, -0.05) is 18.2 Å². The van der Waals surface area contributed by atoms with E-state index in [0.717, 1.165) is 11.4 Å². The fourth-order valence-corrected chi connectivity index (χ4v) is 2.89. The third-order valence-corrected chi connectivity index (χ3v) is 3.67. The Morgan fingerprint density at radius 1 is 0.895 bits per heavy atom. The Kier molecular flexibility index (Phi) is 2.63. The number of nitrogens with zero attached hydrogens (tertiary/aromatic N) is 2. The quantitative estimate of drug-likeness (QED) is 0.663.